The van der Waals surface area contributed by atoms with E-state index in [0.717, 1.165) is 28.0 Å². The Kier molecular flexibility index (Phi) is 3.59. The van der Waals surface area contributed by atoms with Crippen LogP contribution < -0.4 is 5.73 Å². The fraction of sp³-hybridized carbons (Fsp3) is 0.100. The van der Waals surface area contributed by atoms with Gasteiger partial charge >= 0.3 is 0 Å². The Bertz CT molecular complexity index is 1010. The Hall–Kier alpha value is -2.98. The predicted octanol–water partition coefficient (Wildman–Crippen LogP) is 3.85. The number of hydrogen-bond donors (Lipinski definition) is 1. The molecule has 0 bridgehead atoms. The van der Waals surface area contributed by atoms with Crippen molar-refractivity contribution >= 4 is 10.8 Å². The van der Waals surface area contributed by atoms with Crippen LogP contribution in [0.5, 0.6) is 0 Å². The van der Waals surface area contributed by atoms with E-state index >= 15 is 0 Å². The topological polar surface area (TPSA) is 56.7 Å². The van der Waals surface area contributed by atoms with E-state index in [-0.39, 0.29) is 0 Å². The van der Waals surface area contributed by atoms with Gasteiger partial charge in [-0.25, -0.2) is 4.68 Å². The molecule has 118 valence electrons. The minimum atomic E-state index is 0.356. The van der Waals surface area contributed by atoms with Crippen LogP contribution >= 0.6 is 0 Å². The largest absolute Gasteiger partial charge is 0.325 e. The zero-order valence-electron chi connectivity index (χ0n) is 13.5. The second-order valence-corrected chi connectivity index (χ2v) is 5.81. The molecule has 0 radical (unpaired) electrons. The summed E-state index contributed by atoms with van der Waals surface area (Å²) in [6.45, 7) is 2.45. The zero-order chi connectivity index (χ0) is 16.5. The highest BCUT2D eigenvalue weighted by Gasteiger charge is 2.17. The number of nitrogens with zero attached hydrogens (tertiary/aromatic N) is 3. The number of benzene rings is 3. The Morgan fingerprint density at radius 1 is 0.917 bits per heavy atom. The first kappa shape index (κ1) is 14.6. The highest BCUT2D eigenvalue weighted by atomic mass is 15.4. The molecule has 2 N–H and O–H groups in total. The first-order chi connectivity index (χ1) is 11.8. The molecule has 24 heavy (non-hydrogen) atoms. The van der Waals surface area contributed by atoms with E-state index in [4.69, 9.17) is 5.73 Å². The fourth-order valence-electron chi connectivity index (χ4n) is 3.12. The maximum atomic E-state index is 5.93. The van der Waals surface area contributed by atoms with Crippen molar-refractivity contribution in [3.8, 4) is 16.9 Å². The lowest BCUT2D eigenvalue weighted by Crippen LogP contribution is -2.04. The molecule has 4 rings (SSSR count). The third-order valence-corrected chi connectivity index (χ3v) is 4.33. The number of rotatable bonds is 3. The van der Waals surface area contributed by atoms with Crippen LogP contribution in [0.15, 0.2) is 66.7 Å². The minimum Gasteiger partial charge on any atom is -0.325 e. The van der Waals surface area contributed by atoms with Crippen LogP contribution in [-0.2, 0) is 6.54 Å². The van der Waals surface area contributed by atoms with Gasteiger partial charge in [-0.15, -0.1) is 5.10 Å². The molecular weight excluding hydrogens is 296 g/mol. The smallest absolute Gasteiger partial charge is 0.105 e. The Morgan fingerprint density at radius 2 is 1.67 bits per heavy atom. The van der Waals surface area contributed by atoms with Crippen molar-refractivity contribution in [1.82, 2.24) is 15.0 Å². The van der Waals surface area contributed by atoms with Gasteiger partial charge in [0.25, 0.3) is 0 Å². The molecule has 0 amide bonds. The summed E-state index contributed by atoms with van der Waals surface area (Å²) < 4.78 is 1.91. The lowest BCUT2D eigenvalue weighted by atomic mass is 10.0. The van der Waals surface area contributed by atoms with Gasteiger partial charge in [0.05, 0.1) is 11.4 Å². The molecule has 0 atom stereocenters. The van der Waals surface area contributed by atoms with Gasteiger partial charge in [-0.1, -0.05) is 65.9 Å². The average Bonchev–Trinajstić information content (AvgIpc) is 3.05. The molecule has 0 saturated heterocycles. The fourth-order valence-corrected chi connectivity index (χ4v) is 3.12. The molecule has 1 aromatic heterocycles. The van der Waals surface area contributed by atoms with E-state index < -0.39 is 0 Å². The first-order valence-electron chi connectivity index (χ1n) is 7.98. The summed E-state index contributed by atoms with van der Waals surface area (Å²) in [7, 11) is 0. The van der Waals surface area contributed by atoms with E-state index in [2.05, 4.69) is 53.6 Å². The van der Waals surface area contributed by atoms with Crippen LogP contribution in [0.3, 0.4) is 0 Å². The second kappa shape index (κ2) is 5.91. The van der Waals surface area contributed by atoms with Gasteiger partial charge in [0.2, 0.25) is 0 Å². The van der Waals surface area contributed by atoms with E-state index in [0.29, 0.717) is 6.54 Å². The van der Waals surface area contributed by atoms with Gasteiger partial charge in [-0.2, -0.15) is 0 Å². The van der Waals surface area contributed by atoms with Gasteiger partial charge in [0, 0.05) is 17.5 Å². The van der Waals surface area contributed by atoms with Crippen molar-refractivity contribution in [1.29, 1.82) is 0 Å². The van der Waals surface area contributed by atoms with Gasteiger partial charge in [-0.3, -0.25) is 0 Å². The third kappa shape index (κ3) is 2.28. The quantitative estimate of drug-likeness (QED) is 0.625. The van der Waals surface area contributed by atoms with Crippen molar-refractivity contribution in [2.24, 2.45) is 5.73 Å². The first-order valence-corrected chi connectivity index (χ1v) is 7.98. The van der Waals surface area contributed by atoms with Gasteiger partial charge in [0.15, 0.2) is 0 Å². The molecule has 0 spiro atoms. The zero-order valence-corrected chi connectivity index (χ0v) is 13.5. The monoisotopic (exact) mass is 314 g/mol. The molecule has 3 aromatic carbocycles. The average molecular weight is 314 g/mol. The Balaban J connectivity index is 2.03. The number of fused-ring (bicyclic) bond motifs is 1. The van der Waals surface area contributed by atoms with Crippen LogP contribution in [-0.4, -0.2) is 15.0 Å². The molecule has 0 aliphatic rings. The summed E-state index contributed by atoms with van der Waals surface area (Å²) in [5.74, 6) is 0. The number of aryl methyl sites for hydroxylation is 1. The summed E-state index contributed by atoms with van der Waals surface area (Å²) in [4.78, 5) is 0. The Morgan fingerprint density at radius 3 is 2.50 bits per heavy atom. The highest BCUT2D eigenvalue weighted by molar-refractivity contribution is 5.90. The standard InChI is InChI=1S/C20H18N4/c1-14-7-2-4-10-16(14)20-18(13-21)22-23-24(20)19-12-6-9-15-8-3-5-11-17(15)19/h2-12H,13,21H2,1H3. The Labute approximate surface area is 140 Å². The molecule has 0 aliphatic carbocycles. The molecule has 4 aromatic rings. The van der Waals surface area contributed by atoms with Crippen LogP contribution in [0.1, 0.15) is 11.3 Å². The van der Waals surface area contributed by atoms with Gasteiger partial charge in [0.1, 0.15) is 5.69 Å². The van der Waals surface area contributed by atoms with Crippen molar-refractivity contribution in [3.05, 3.63) is 78.0 Å². The van der Waals surface area contributed by atoms with E-state index in [9.17, 15) is 0 Å². The molecule has 0 aliphatic heterocycles. The molecule has 1 heterocycles. The summed E-state index contributed by atoms with van der Waals surface area (Å²) in [5.41, 5.74) is 11.0. The lowest BCUT2D eigenvalue weighted by molar-refractivity contribution is 0.804. The SMILES string of the molecule is Cc1ccccc1-c1c(CN)nnn1-c1cccc2ccccc12. The molecule has 0 unspecified atom stereocenters. The summed E-state index contributed by atoms with van der Waals surface area (Å²) in [6, 6.07) is 22.8. The number of hydrogen-bond acceptors (Lipinski definition) is 3. The van der Waals surface area contributed by atoms with Crippen molar-refractivity contribution in [2.75, 3.05) is 0 Å². The van der Waals surface area contributed by atoms with Crippen molar-refractivity contribution in [2.45, 2.75) is 13.5 Å². The maximum Gasteiger partial charge on any atom is 0.105 e. The van der Waals surface area contributed by atoms with E-state index in [1.54, 1.807) is 0 Å². The van der Waals surface area contributed by atoms with Crippen LogP contribution in [0.25, 0.3) is 27.7 Å². The lowest BCUT2D eigenvalue weighted by Gasteiger charge is -2.12. The van der Waals surface area contributed by atoms with Crippen LogP contribution in [0.4, 0.5) is 0 Å². The highest BCUT2D eigenvalue weighted by Crippen LogP contribution is 2.30. The number of nitrogens with two attached hydrogens (primary N) is 1. The van der Waals surface area contributed by atoms with Crippen LogP contribution in [0, 0.1) is 6.92 Å². The van der Waals surface area contributed by atoms with Gasteiger partial charge < -0.3 is 5.73 Å². The molecule has 4 nitrogen and oxygen atoms in total. The van der Waals surface area contributed by atoms with Crippen molar-refractivity contribution < 1.29 is 0 Å². The van der Waals surface area contributed by atoms with Gasteiger partial charge in [-0.05, 0) is 23.9 Å². The van der Waals surface area contributed by atoms with Crippen LogP contribution in [0.2, 0.25) is 0 Å². The number of aromatic nitrogens is 3. The second-order valence-electron chi connectivity index (χ2n) is 5.81. The molecule has 4 heteroatoms. The van der Waals surface area contributed by atoms with E-state index in [1.165, 1.54) is 10.9 Å². The summed E-state index contributed by atoms with van der Waals surface area (Å²) in [6.07, 6.45) is 0. The molecule has 0 fully saturated rings. The molecule has 0 saturated carbocycles. The summed E-state index contributed by atoms with van der Waals surface area (Å²) in [5, 5.41) is 11.1. The minimum absolute atomic E-state index is 0.356. The van der Waals surface area contributed by atoms with Crippen molar-refractivity contribution in [3.63, 3.8) is 0 Å². The maximum absolute atomic E-state index is 5.93. The predicted molar refractivity (Wildman–Crippen MR) is 96.9 cm³/mol. The third-order valence-electron chi connectivity index (χ3n) is 4.33. The molecular formula is C20H18N4. The van der Waals surface area contributed by atoms with E-state index in [1.807, 2.05) is 35.0 Å². The summed E-state index contributed by atoms with van der Waals surface area (Å²) >= 11 is 0. The normalized spacial score (nSPS) is 11.1.